The van der Waals surface area contributed by atoms with Gasteiger partial charge in [0.2, 0.25) is 0 Å². The summed E-state index contributed by atoms with van der Waals surface area (Å²) in [6.07, 6.45) is 1.89. The van der Waals surface area contributed by atoms with Crippen LogP contribution in [0.15, 0.2) is 24.0 Å². The van der Waals surface area contributed by atoms with Crippen molar-refractivity contribution in [2.24, 2.45) is 0 Å². The molecule has 8 nitrogen and oxygen atoms in total. The predicted molar refractivity (Wildman–Crippen MR) is 94.5 cm³/mol. The summed E-state index contributed by atoms with van der Waals surface area (Å²) in [7, 11) is 6.13. The SMILES string of the molecule is CC[C@H](C[N+](C)(C)C)OC(=O)C1=CN([C@@H]2O[C@H](CO)[C@@H](O)[C@H]2O)C=CC1. The lowest BCUT2D eigenvalue weighted by molar-refractivity contribution is -0.873. The van der Waals surface area contributed by atoms with Crippen LogP contribution in [-0.4, -0.2) is 95.6 Å². The first-order valence-corrected chi connectivity index (χ1v) is 8.95. The highest BCUT2D eigenvalue weighted by molar-refractivity contribution is 5.89. The van der Waals surface area contributed by atoms with Crippen LogP contribution in [0.3, 0.4) is 0 Å². The summed E-state index contributed by atoms with van der Waals surface area (Å²) >= 11 is 0. The predicted octanol–water partition coefficient (Wildman–Crippen LogP) is -0.443. The molecule has 3 N–H and O–H groups in total. The average molecular weight is 371 g/mol. The van der Waals surface area contributed by atoms with Crippen LogP contribution in [-0.2, 0) is 14.3 Å². The molecule has 5 atom stereocenters. The number of allylic oxidation sites excluding steroid dienone is 1. The Morgan fingerprint density at radius 3 is 2.62 bits per heavy atom. The number of aliphatic hydroxyl groups excluding tert-OH is 3. The number of esters is 1. The fourth-order valence-electron chi connectivity index (χ4n) is 3.09. The van der Waals surface area contributed by atoms with Crippen LogP contribution in [0.5, 0.6) is 0 Å². The smallest absolute Gasteiger partial charge is 0.336 e. The minimum Gasteiger partial charge on any atom is -0.453 e. The molecule has 0 amide bonds. The van der Waals surface area contributed by atoms with E-state index in [1.54, 1.807) is 18.5 Å². The van der Waals surface area contributed by atoms with Gasteiger partial charge in [-0.25, -0.2) is 4.79 Å². The van der Waals surface area contributed by atoms with Gasteiger partial charge in [-0.1, -0.05) is 13.0 Å². The maximum absolute atomic E-state index is 12.5. The van der Waals surface area contributed by atoms with Crippen LogP contribution in [0.2, 0.25) is 0 Å². The van der Waals surface area contributed by atoms with E-state index in [2.05, 4.69) is 0 Å². The quantitative estimate of drug-likeness (QED) is 0.412. The second-order valence-corrected chi connectivity index (χ2v) is 7.83. The van der Waals surface area contributed by atoms with Gasteiger partial charge < -0.3 is 34.2 Å². The summed E-state index contributed by atoms with van der Waals surface area (Å²) in [5.41, 5.74) is 0.449. The maximum atomic E-state index is 12.5. The minimum absolute atomic E-state index is 0.184. The molecule has 0 aromatic rings. The van der Waals surface area contributed by atoms with Gasteiger partial charge in [0.05, 0.1) is 33.3 Å². The van der Waals surface area contributed by atoms with Crippen LogP contribution in [0, 0.1) is 0 Å². The van der Waals surface area contributed by atoms with Crippen LogP contribution < -0.4 is 0 Å². The third-order valence-corrected chi connectivity index (χ3v) is 4.47. The molecule has 2 aliphatic rings. The standard InChI is InChI=1S/C18H31N2O6/c1-5-13(10-20(2,3)4)25-18(24)12-7-6-8-19(9-12)17-16(23)15(22)14(11-21)26-17/h6,8-9,13-17,21-23H,5,7,10-11H2,1-4H3/q+1/t13-,14-,15-,16-,17-/m1/s1. The van der Waals surface area contributed by atoms with E-state index in [-0.39, 0.29) is 6.10 Å². The summed E-state index contributed by atoms with van der Waals surface area (Å²) in [6.45, 7) is 2.30. The van der Waals surface area contributed by atoms with Gasteiger partial charge in [-0.15, -0.1) is 0 Å². The Balaban J connectivity index is 2.05. The number of likely N-dealkylation sites (N-methyl/N-ethyl adjacent to an activating group) is 1. The first-order valence-electron chi connectivity index (χ1n) is 8.95. The fraction of sp³-hybridized carbons (Fsp3) is 0.722. The average Bonchev–Trinajstić information content (AvgIpc) is 2.88. The summed E-state index contributed by atoms with van der Waals surface area (Å²) in [5.74, 6) is -0.397. The van der Waals surface area contributed by atoms with Crippen molar-refractivity contribution < 1.29 is 34.1 Å². The zero-order valence-corrected chi connectivity index (χ0v) is 15.9. The number of quaternary nitrogens is 1. The molecule has 0 unspecified atom stereocenters. The Labute approximate surface area is 154 Å². The van der Waals surface area contributed by atoms with Crippen molar-refractivity contribution in [2.45, 2.75) is 50.4 Å². The molecule has 148 valence electrons. The molecule has 0 aromatic carbocycles. The van der Waals surface area contributed by atoms with Crippen molar-refractivity contribution in [3.63, 3.8) is 0 Å². The van der Waals surface area contributed by atoms with Gasteiger partial charge in [0.1, 0.15) is 24.9 Å². The topological polar surface area (TPSA) is 99.5 Å². The number of hydrogen-bond donors (Lipinski definition) is 3. The normalized spacial score (nSPS) is 30.3. The summed E-state index contributed by atoms with van der Waals surface area (Å²) in [4.78, 5) is 14.1. The van der Waals surface area contributed by atoms with Gasteiger partial charge in [-0.2, -0.15) is 0 Å². The molecular formula is C18H31N2O6+. The minimum atomic E-state index is -1.19. The summed E-state index contributed by atoms with van der Waals surface area (Å²) in [6, 6.07) is 0. The highest BCUT2D eigenvalue weighted by Gasteiger charge is 2.44. The molecule has 0 spiro atoms. The molecule has 0 bridgehead atoms. The molecule has 2 rings (SSSR count). The first-order chi connectivity index (χ1) is 12.2. The number of rotatable bonds is 7. The van der Waals surface area contributed by atoms with Crippen molar-refractivity contribution in [1.29, 1.82) is 0 Å². The van der Waals surface area contributed by atoms with Crippen molar-refractivity contribution in [1.82, 2.24) is 4.90 Å². The van der Waals surface area contributed by atoms with E-state index < -0.39 is 37.1 Å². The van der Waals surface area contributed by atoms with Crippen molar-refractivity contribution in [2.75, 3.05) is 34.3 Å². The lowest BCUT2D eigenvalue weighted by Gasteiger charge is -2.30. The molecule has 1 fully saturated rings. The zero-order valence-electron chi connectivity index (χ0n) is 15.9. The van der Waals surface area contributed by atoms with Crippen LogP contribution >= 0.6 is 0 Å². The molecule has 0 aliphatic carbocycles. The lowest BCUT2D eigenvalue weighted by Crippen LogP contribution is -2.43. The van der Waals surface area contributed by atoms with E-state index in [4.69, 9.17) is 9.47 Å². The molecule has 0 saturated carbocycles. The number of ether oxygens (including phenoxy) is 2. The van der Waals surface area contributed by atoms with Crippen molar-refractivity contribution in [3.05, 3.63) is 24.0 Å². The Hall–Kier alpha value is -1.45. The Kier molecular flexibility index (Phi) is 6.81. The zero-order chi connectivity index (χ0) is 19.5. The van der Waals surface area contributed by atoms with Gasteiger partial charge in [0, 0.05) is 18.8 Å². The van der Waals surface area contributed by atoms with Gasteiger partial charge in [0.15, 0.2) is 12.3 Å². The molecule has 8 heteroatoms. The van der Waals surface area contributed by atoms with E-state index >= 15 is 0 Å². The van der Waals surface area contributed by atoms with Crippen molar-refractivity contribution in [3.8, 4) is 0 Å². The number of carbonyl (C=O) groups is 1. The molecule has 2 aliphatic heterocycles. The van der Waals surface area contributed by atoms with E-state index in [9.17, 15) is 20.1 Å². The Morgan fingerprint density at radius 2 is 2.08 bits per heavy atom. The third-order valence-electron chi connectivity index (χ3n) is 4.47. The third kappa shape index (κ3) is 5.05. The van der Waals surface area contributed by atoms with Gasteiger partial charge in [-0.05, 0) is 6.42 Å². The molecule has 0 aromatic heterocycles. The Morgan fingerprint density at radius 1 is 1.38 bits per heavy atom. The van der Waals surface area contributed by atoms with E-state index in [0.717, 1.165) is 6.42 Å². The van der Waals surface area contributed by atoms with E-state index in [1.165, 1.54) is 4.90 Å². The van der Waals surface area contributed by atoms with Gasteiger partial charge >= 0.3 is 5.97 Å². The van der Waals surface area contributed by atoms with Crippen molar-refractivity contribution >= 4 is 5.97 Å². The van der Waals surface area contributed by atoms with Gasteiger partial charge in [-0.3, -0.25) is 0 Å². The molecule has 0 radical (unpaired) electrons. The lowest BCUT2D eigenvalue weighted by atomic mass is 10.1. The summed E-state index contributed by atoms with van der Waals surface area (Å²) < 4.78 is 11.8. The first kappa shape index (κ1) is 20.9. The maximum Gasteiger partial charge on any atom is 0.336 e. The monoisotopic (exact) mass is 371 g/mol. The second-order valence-electron chi connectivity index (χ2n) is 7.83. The van der Waals surface area contributed by atoms with Crippen LogP contribution in [0.25, 0.3) is 0 Å². The molecule has 26 heavy (non-hydrogen) atoms. The van der Waals surface area contributed by atoms with E-state index in [1.807, 2.05) is 28.1 Å². The molecule has 2 heterocycles. The largest absolute Gasteiger partial charge is 0.453 e. The second kappa shape index (κ2) is 8.49. The summed E-state index contributed by atoms with van der Waals surface area (Å²) in [5, 5.41) is 29.2. The number of carbonyl (C=O) groups excluding carboxylic acids is 1. The van der Waals surface area contributed by atoms with Crippen LogP contribution in [0.4, 0.5) is 0 Å². The number of aliphatic hydroxyl groups is 3. The van der Waals surface area contributed by atoms with Gasteiger partial charge in [0.25, 0.3) is 0 Å². The number of hydrogen-bond acceptors (Lipinski definition) is 7. The number of nitrogens with zero attached hydrogens (tertiary/aromatic N) is 2. The van der Waals surface area contributed by atoms with E-state index in [0.29, 0.717) is 23.0 Å². The highest BCUT2D eigenvalue weighted by atomic mass is 16.6. The Bertz CT molecular complexity index is 556. The van der Waals surface area contributed by atoms with Crippen LogP contribution in [0.1, 0.15) is 19.8 Å². The molecule has 1 saturated heterocycles. The molecular weight excluding hydrogens is 340 g/mol. The fourth-order valence-corrected chi connectivity index (χ4v) is 3.09. The highest BCUT2D eigenvalue weighted by Crippen LogP contribution is 2.27.